The van der Waals surface area contributed by atoms with Gasteiger partial charge in [0.2, 0.25) is 5.95 Å². The fourth-order valence-corrected chi connectivity index (χ4v) is 11.9. The van der Waals surface area contributed by atoms with Crippen LogP contribution in [0.3, 0.4) is 0 Å². The molecule has 14 heteroatoms. The number of rotatable bonds is 18. The van der Waals surface area contributed by atoms with Gasteiger partial charge in [-0.3, -0.25) is 4.90 Å². The third-order valence-electron chi connectivity index (χ3n) is 15.1. The first-order valence-electron chi connectivity index (χ1n) is 24.6. The van der Waals surface area contributed by atoms with Gasteiger partial charge in [0.15, 0.2) is 0 Å². The van der Waals surface area contributed by atoms with E-state index < -0.39 is 0 Å². The number of piperazine rings is 1. The van der Waals surface area contributed by atoms with E-state index in [1.54, 1.807) is 18.0 Å². The van der Waals surface area contributed by atoms with E-state index in [0.29, 0.717) is 34.8 Å². The number of para-hydroxylation sites is 1. The molecule has 7 heterocycles. The number of aromatic nitrogens is 4. The van der Waals surface area contributed by atoms with E-state index >= 15 is 4.39 Å². The summed E-state index contributed by atoms with van der Waals surface area (Å²) in [6, 6.07) is 21.2. The summed E-state index contributed by atoms with van der Waals surface area (Å²) < 4.78 is 20.4. The number of benzene rings is 3. The van der Waals surface area contributed by atoms with Crippen molar-refractivity contribution in [1.29, 1.82) is 0 Å². The van der Waals surface area contributed by atoms with Crippen LogP contribution < -0.4 is 40.8 Å². The van der Waals surface area contributed by atoms with Crippen molar-refractivity contribution < 1.29 is 4.39 Å². The SMILES string of the molecule is C=CCCC(C(=C)NC)n1c(=C)c2ccc(N3CC(CCCN4CCN(C5CCN(c6ccc(Nc7nc(Nc8cccc9c8N(SC)CC9)c8cc[nH]c8n7)cc6F)CC5)CC4)C3)cc2c1=C. The van der Waals surface area contributed by atoms with Crippen molar-refractivity contribution in [3.05, 3.63) is 114 Å². The number of halogens is 1. The van der Waals surface area contributed by atoms with E-state index in [9.17, 15) is 0 Å². The normalized spacial score (nSPS) is 17.7. The highest BCUT2D eigenvalue weighted by atomic mass is 32.2. The Bertz CT molecular complexity index is 2890. The standard InChI is InChI=1S/C54H67FN12S/c1-7-8-14-49(36(2)56-5)67-37(3)44-17-16-43(33-46(44)38(67)4)65-34-39(35-65)11-10-24-62-28-30-63(31-29-62)42-21-25-64(26-22-42)50-18-15-41(32-47(50)55)58-54-60-52-45(19-23-57-52)53(61-54)59-48-13-9-12-40-20-27-66(68-6)51(40)48/h7,9,12-13,15-19,23,32-33,39,42,49,56H,1-4,8,10-11,14,20-22,24-31,34-35H2,5-6H3,(H3,57,58,59,60,61). The molecule has 3 aromatic heterocycles. The minimum atomic E-state index is -0.234. The molecule has 0 spiro atoms. The van der Waals surface area contributed by atoms with Gasteiger partial charge in [-0.1, -0.05) is 56.0 Å². The lowest BCUT2D eigenvalue weighted by molar-refractivity contribution is 0.0830. The van der Waals surface area contributed by atoms with E-state index in [2.05, 4.69) is 118 Å². The highest BCUT2D eigenvalue weighted by Gasteiger charge is 2.31. The molecule has 3 fully saturated rings. The molecular weight excluding hydrogens is 868 g/mol. The fourth-order valence-electron chi connectivity index (χ4n) is 11.2. The molecule has 0 bridgehead atoms. The Hall–Kier alpha value is -5.96. The third kappa shape index (κ3) is 9.17. The summed E-state index contributed by atoms with van der Waals surface area (Å²) in [5, 5.41) is 15.4. The number of anilines is 7. The van der Waals surface area contributed by atoms with Crippen LogP contribution in [0.5, 0.6) is 0 Å². The lowest BCUT2D eigenvalue weighted by Gasteiger charge is -2.44. The summed E-state index contributed by atoms with van der Waals surface area (Å²) in [7, 11) is 1.93. The number of likely N-dealkylation sites (N-methyl/N-ethyl adjacent to an activating group) is 1. The first kappa shape index (κ1) is 45.8. The van der Waals surface area contributed by atoms with Crippen LogP contribution in [0.25, 0.3) is 35.0 Å². The number of nitrogens with zero attached hydrogens (tertiary/aromatic N) is 8. The Labute approximate surface area is 404 Å². The summed E-state index contributed by atoms with van der Waals surface area (Å²) in [6.07, 6.45) is 13.4. The molecule has 1 atom stereocenters. The smallest absolute Gasteiger partial charge is 0.231 e. The van der Waals surface area contributed by atoms with Gasteiger partial charge in [0, 0.05) is 123 Å². The molecule has 0 radical (unpaired) electrons. The van der Waals surface area contributed by atoms with Crippen LogP contribution in [-0.2, 0) is 6.42 Å². The Kier molecular flexibility index (Phi) is 13.4. The zero-order valence-electron chi connectivity index (χ0n) is 39.9. The summed E-state index contributed by atoms with van der Waals surface area (Å²) in [6.45, 7) is 27.8. The van der Waals surface area contributed by atoms with E-state index in [1.807, 2.05) is 37.5 Å². The van der Waals surface area contributed by atoms with Gasteiger partial charge in [-0.2, -0.15) is 9.97 Å². The molecule has 4 aliphatic heterocycles. The summed E-state index contributed by atoms with van der Waals surface area (Å²) >= 11 is 1.73. The Morgan fingerprint density at radius 3 is 2.49 bits per heavy atom. The van der Waals surface area contributed by atoms with Crippen molar-refractivity contribution in [3.63, 3.8) is 0 Å². The third-order valence-corrected chi connectivity index (χ3v) is 15.9. The second kappa shape index (κ2) is 19.9. The van der Waals surface area contributed by atoms with Crippen molar-refractivity contribution >= 4 is 87.1 Å². The first-order chi connectivity index (χ1) is 33.2. The quantitative estimate of drug-likeness (QED) is 0.0493. The lowest BCUT2D eigenvalue weighted by Crippen LogP contribution is -2.53. The van der Waals surface area contributed by atoms with Gasteiger partial charge in [0.05, 0.1) is 28.5 Å². The molecule has 3 saturated heterocycles. The zero-order chi connectivity index (χ0) is 46.9. The maximum Gasteiger partial charge on any atom is 0.231 e. The first-order valence-corrected chi connectivity index (χ1v) is 25.8. The number of nitrogens with one attached hydrogen (secondary N) is 4. The fraction of sp³-hybridized carbons (Fsp3) is 0.407. The summed E-state index contributed by atoms with van der Waals surface area (Å²) in [5.74, 6) is 1.60. The maximum atomic E-state index is 15.9. The van der Waals surface area contributed by atoms with Crippen LogP contribution in [0, 0.1) is 11.7 Å². The summed E-state index contributed by atoms with van der Waals surface area (Å²) in [4.78, 5) is 22.9. The number of hydrogen-bond donors (Lipinski definition) is 4. The van der Waals surface area contributed by atoms with E-state index in [1.165, 1.54) is 41.7 Å². The Morgan fingerprint density at radius 2 is 1.72 bits per heavy atom. The lowest BCUT2D eigenvalue weighted by atomic mass is 9.93. The maximum absolute atomic E-state index is 15.9. The molecule has 0 saturated carbocycles. The second-order valence-electron chi connectivity index (χ2n) is 19.1. The molecule has 0 aliphatic carbocycles. The molecule has 12 nitrogen and oxygen atoms in total. The largest absolute Gasteiger partial charge is 0.390 e. The van der Waals surface area contributed by atoms with E-state index in [0.717, 1.165) is 130 Å². The van der Waals surface area contributed by atoms with Gasteiger partial charge in [0.25, 0.3) is 0 Å². The predicted octanol–water partition coefficient (Wildman–Crippen LogP) is 8.74. The van der Waals surface area contributed by atoms with Crippen LogP contribution in [0.2, 0.25) is 0 Å². The van der Waals surface area contributed by atoms with E-state index in [-0.39, 0.29) is 11.9 Å². The monoisotopic (exact) mass is 935 g/mol. The molecule has 4 N–H and O–H groups in total. The average molecular weight is 935 g/mol. The molecule has 68 heavy (non-hydrogen) atoms. The van der Waals surface area contributed by atoms with Gasteiger partial charge >= 0.3 is 0 Å². The number of allylic oxidation sites excluding steroid dienone is 2. The average Bonchev–Trinajstić information content (AvgIpc) is 4.07. The predicted molar refractivity (Wildman–Crippen MR) is 285 cm³/mol. The van der Waals surface area contributed by atoms with Crippen LogP contribution in [0.15, 0.2) is 91.8 Å². The second-order valence-corrected chi connectivity index (χ2v) is 19.9. The molecule has 3 aromatic carbocycles. The minimum Gasteiger partial charge on any atom is -0.390 e. The van der Waals surface area contributed by atoms with Crippen molar-refractivity contribution in [2.24, 2.45) is 5.92 Å². The van der Waals surface area contributed by atoms with Crippen LogP contribution in [0.4, 0.5) is 44.6 Å². The highest BCUT2D eigenvalue weighted by Crippen LogP contribution is 2.41. The number of piperidine rings is 1. The molecule has 1 unspecified atom stereocenters. The van der Waals surface area contributed by atoms with Gasteiger partial charge in [0.1, 0.15) is 17.3 Å². The van der Waals surface area contributed by atoms with Crippen LogP contribution in [-0.4, -0.2) is 114 Å². The van der Waals surface area contributed by atoms with Crippen molar-refractivity contribution in [2.75, 3.05) is 103 Å². The number of fused-ring (bicyclic) bond motifs is 3. The topological polar surface area (TPSA) is 98.8 Å². The zero-order valence-corrected chi connectivity index (χ0v) is 40.7. The molecule has 0 amide bonds. The Morgan fingerprint density at radius 1 is 0.912 bits per heavy atom. The van der Waals surface area contributed by atoms with Crippen molar-refractivity contribution in [3.8, 4) is 0 Å². The summed E-state index contributed by atoms with van der Waals surface area (Å²) in [5.41, 5.74) is 7.74. The van der Waals surface area contributed by atoms with Crippen molar-refractivity contribution in [2.45, 2.75) is 57.0 Å². The van der Waals surface area contributed by atoms with Gasteiger partial charge < -0.3 is 44.5 Å². The van der Waals surface area contributed by atoms with Gasteiger partial charge in [-0.15, -0.1) is 6.58 Å². The van der Waals surface area contributed by atoms with Gasteiger partial charge in [-0.05, 0) is 105 Å². The van der Waals surface area contributed by atoms with E-state index in [4.69, 9.17) is 9.97 Å². The number of H-pyrrole nitrogens is 1. The molecular formula is C54H67FN12S. The van der Waals surface area contributed by atoms with Crippen molar-refractivity contribution in [1.82, 2.24) is 34.6 Å². The molecule has 356 valence electrons. The number of aromatic amines is 1. The molecule has 10 rings (SSSR count). The Balaban J connectivity index is 0.666. The number of hydrogen-bond acceptors (Lipinski definition) is 11. The van der Waals surface area contributed by atoms with Crippen LogP contribution >= 0.6 is 11.9 Å². The highest BCUT2D eigenvalue weighted by molar-refractivity contribution is 8.00. The molecule has 4 aliphatic rings. The minimum absolute atomic E-state index is 0.0808. The van der Waals surface area contributed by atoms with Gasteiger partial charge in [-0.25, -0.2) is 4.39 Å². The van der Waals surface area contributed by atoms with Crippen LogP contribution in [0.1, 0.15) is 50.1 Å². The molecule has 6 aromatic rings.